The number of benzene rings is 1. The van der Waals surface area contributed by atoms with E-state index in [2.05, 4.69) is 46.6 Å². The Labute approximate surface area is 137 Å². The van der Waals surface area contributed by atoms with Gasteiger partial charge in [0.2, 0.25) is 0 Å². The van der Waals surface area contributed by atoms with Gasteiger partial charge < -0.3 is 10.1 Å². The molecule has 2 aliphatic rings. The number of rotatable bonds is 4. The van der Waals surface area contributed by atoms with Gasteiger partial charge in [-0.2, -0.15) is 5.10 Å². The maximum absolute atomic E-state index is 5.97. The van der Waals surface area contributed by atoms with Crippen molar-refractivity contribution in [3.05, 3.63) is 47.3 Å². The summed E-state index contributed by atoms with van der Waals surface area (Å²) in [5, 5.41) is 7.92. The number of nitrogens with zero attached hydrogens (tertiary/aromatic N) is 3. The van der Waals surface area contributed by atoms with Crippen molar-refractivity contribution in [2.45, 2.75) is 32.5 Å². The Hall–Kier alpha value is -1.85. The zero-order valence-corrected chi connectivity index (χ0v) is 13.7. The van der Waals surface area contributed by atoms with Gasteiger partial charge >= 0.3 is 0 Å². The number of anilines is 1. The number of para-hydroxylation sites is 1. The van der Waals surface area contributed by atoms with Gasteiger partial charge in [0.25, 0.3) is 0 Å². The van der Waals surface area contributed by atoms with Crippen molar-refractivity contribution in [2.75, 3.05) is 31.6 Å². The van der Waals surface area contributed by atoms with Gasteiger partial charge in [0, 0.05) is 50.2 Å². The molecule has 1 N–H and O–H groups in total. The molecule has 0 saturated carbocycles. The van der Waals surface area contributed by atoms with Crippen LogP contribution in [0.3, 0.4) is 0 Å². The minimum atomic E-state index is 0.133. The molecule has 23 heavy (non-hydrogen) atoms. The number of aromatic nitrogens is 2. The lowest BCUT2D eigenvalue weighted by Crippen LogP contribution is -2.37. The molecule has 2 aromatic rings. The highest BCUT2D eigenvalue weighted by molar-refractivity contribution is 5.61. The van der Waals surface area contributed by atoms with Crippen LogP contribution in [0.1, 0.15) is 29.7 Å². The first-order valence-electron chi connectivity index (χ1n) is 8.54. The lowest BCUT2D eigenvalue weighted by Gasteiger charge is -2.33. The predicted octanol–water partition coefficient (Wildman–Crippen LogP) is 2.44. The van der Waals surface area contributed by atoms with Crippen molar-refractivity contribution in [3.8, 4) is 0 Å². The zero-order valence-electron chi connectivity index (χ0n) is 13.7. The fourth-order valence-electron chi connectivity index (χ4n) is 3.55. The topological polar surface area (TPSA) is 42.3 Å². The van der Waals surface area contributed by atoms with Gasteiger partial charge in [0.1, 0.15) is 0 Å². The summed E-state index contributed by atoms with van der Waals surface area (Å²) in [6.07, 6.45) is 5.33. The van der Waals surface area contributed by atoms with E-state index in [1.54, 1.807) is 0 Å². The molecule has 122 valence electrons. The standard InChI is InChI=1S/C18H24N4O/c1-2-22-12-16(10-20-22)17-13-21(8-9-23-17)11-15-5-3-4-14-6-7-19-18(14)15/h3-5,10,12,17,19H,2,6-9,11,13H2,1H3. The largest absolute Gasteiger partial charge is 0.384 e. The smallest absolute Gasteiger partial charge is 0.0982 e. The fourth-order valence-corrected chi connectivity index (χ4v) is 3.55. The average molecular weight is 312 g/mol. The molecule has 0 spiro atoms. The third-order valence-electron chi connectivity index (χ3n) is 4.83. The van der Waals surface area contributed by atoms with Gasteiger partial charge in [-0.3, -0.25) is 9.58 Å². The molecule has 0 amide bonds. The molecule has 1 aromatic heterocycles. The molecule has 0 radical (unpaired) electrons. The van der Waals surface area contributed by atoms with Crippen molar-refractivity contribution in [1.82, 2.24) is 14.7 Å². The van der Waals surface area contributed by atoms with Crippen molar-refractivity contribution in [2.24, 2.45) is 0 Å². The Balaban J connectivity index is 1.46. The number of aryl methyl sites for hydroxylation is 1. The summed E-state index contributed by atoms with van der Waals surface area (Å²) in [7, 11) is 0. The van der Waals surface area contributed by atoms with Gasteiger partial charge in [-0.15, -0.1) is 0 Å². The van der Waals surface area contributed by atoms with Crippen LogP contribution >= 0.6 is 0 Å². The Morgan fingerprint density at radius 2 is 2.35 bits per heavy atom. The Kier molecular flexibility index (Phi) is 4.06. The van der Waals surface area contributed by atoms with E-state index in [9.17, 15) is 0 Å². The van der Waals surface area contributed by atoms with E-state index in [1.165, 1.54) is 22.4 Å². The first kappa shape index (κ1) is 14.7. The molecule has 0 aliphatic carbocycles. The monoisotopic (exact) mass is 312 g/mol. The van der Waals surface area contributed by atoms with Crippen LogP contribution in [0.25, 0.3) is 0 Å². The van der Waals surface area contributed by atoms with Gasteiger partial charge in [-0.05, 0) is 24.5 Å². The third-order valence-corrected chi connectivity index (χ3v) is 4.83. The lowest BCUT2D eigenvalue weighted by atomic mass is 10.1. The van der Waals surface area contributed by atoms with Crippen LogP contribution in [0.2, 0.25) is 0 Å². The van der Waals surface area contributed by atoms with Crippen LogP contribution in [0.4, 0.5) is 5.69 Å². The van der Waals surface area contributed by atoms with Gasteiger partial charge in [-0.1, -0.05) is 18.2 Å². The number of hydrogen-bond acceptors (Lipinski definition) is 4. The van der Waals surface area contributed by atoms with E-state index in [1.807, 2.05) is 10.9 Å². The highest BCUT2D eigenvalue weighted by atomic mass is 16.5. The van der Waals surface area contributed by atoms with Crippen LogP contribution in [0, 0.1) is 0 Å². The SMILES string of the molecule is CCn1cc(C2CN(Cc3cccc4c3NCC4)CCO2)cn1. The molecule has 1 saturated heterocycles. The highest BCUT2D eigenvalue weighted by Crippen LogP contribution is 2.29. The predicted molar refractivity (Wildman–Crippen MR) is 90.5 cm³/mol. The van der Waals surface area contributed by atoms with E-state index in [4.69, 9.17) is 4.74 Å². The van der Waals surface area contributed by atoms with Crippen LogP contribution in [0.5, 0.6) is 0 Å². The molecule has 5 heteroatoms. The van der Waals surface area contributed by atoms with Crippen molar-refractivity contribution in [1.29, 1.82) is 0 Å². The summed E-state index contributed by atoms with van der Waals surface area (Å²) in [4.78, 5) is 2.49. The summed E-state index contributed by atoms with van der Waals surface area (Å²) in [5.41, 5.74) is 5.41. The molecule has 4 rings (SSSR count). The number of fused-ring (bicyclic) bond motifs is 1. The molecule has 1 atom stereocenters. The maximum Gasteiger partial charge on any atom is 0.0982 e. The number of nitrogens with one attached hydrogen (secondary N) is 1. The zero-order chi connectivity index (χ0) is 15.6. The van der Waals surface area contributed by atoms with E-state index in [-0.39, 0.29) is 6.10 Å². The number of ether oxygens (including phenoxy) is 1. The summed E-state index contributed by atoms with van der Waals surface area (Å²) >= 11 is 0. The van der Waals surface area contributed by atoms with Gasteiger partial charge in [-0.25, -0.2) is 0 Å². The summed E-state index contributed by atoms with van der Waals surface area (Å²) in [6, 6.07) is 6.67. The molecule has 1 fully saturated rings. The molecule has 1 aromatic carbocycles. The quantitative estimate of drug-likeness (QED) is 0.941. The van der Waals surface area contributed by atoms with Gasteiger partial charge in [0.15, 0.2) is 0 Å². The second-order valence-electron chi connectivity index (χ2n) is 6.35. The molecule has 0 bridgehead atoms. The van der Waals surface area contributed by atoms with Crippen molar-refractivity contribution in [3.63, 3.8) is 0 Å². The number of hydrogen-bond donors (Lipinski definition) is 1. The first-order chi connectivity index (χ1) is 11.3. The molecule has 3 heterocycles. The van der Waals surface area contributed by atoms with E-state index >= 15 is 0 Å². The molecular weight excluding hydrogens is 288 g/mol. The fraction of sp³-hybridized carbons (Fsp3) is 0.500. The Bertz CT molecular complexity index is 681. The normalized spacial score (nSPS) is 21.2. The summed E-state index contributed by atoms with van der Waals surface area (Å²) < 4.78 is 7.94. The summed E-state index contributed by atoms with van der Waals surface area (Å²) in [5.74, 6) is 0. The van der Waals surface area contributed by atoms with Crippen LogP contribution < -0.4 is 5.32 Å². The minimum Gasteiger partial charge on any atom is -0.384 e. The van der Waals surface area contributed by atoms with Crippen LogP contribution in [-0.2, 0) is 24.2 Å². The van der Waals surface area contributed by atoms with Crippen molar-refractivity contribution >= 4 is 5.69 Å². The van der Waals surface area contributed by atoms with E-state index < -0.39 is 0 Å². The average Bonchev–Trinajstić information content (AvgIpc) is 3.25. The second-order valence-corrected chi connectivity index (χ2v) is 6.35. The molecule has 2 aliphatic heterocycles. The van der Waals surface area contributed by atoms with Crippen molar-refractivity contribution < 1.29 is 4.74 Å². The van der Waals surface area contributed by atoms with E-state index in [0.717, 1.165) is 45.8 Å². The van der Waals surface area contributed by atoms with E-state index in [0.29, 0.717) is 0 Å². The highest BCUT2D eigenvalue weighted by Gasteiger charge is 2.24. The first-order valence-corrected chi connectivity index (χ1v) is 8.54. The number of morpholine rings is 1. The van der Waals surface area contributed by atoms with Crippen LogP contribution in [0.15, 0.2) is 30.6 Å². The second kappa shape index (κ2) is 6.34. The summed E-state index contributed by atoms with van der Waals surface area (Å²) in [6.45, 7) is 7.75. The molecule has 1 unspecified atom stereocenters. The van der Waals surface area contributed by atoms with Crippen LogP contribution in [-0.4, -0.2) is 40.9 Å². The van der Waals surface area contributed by atoms with Gasteiger partial charge in [0.05, 0.1) is 18.9 Å². The lowest BCUT2D eigenvalue weighted by molar-refractivity contribution is -0.0329. The maximum atomic E-state index is 5.97. The Morgan fingerprint density at radius 1 is 1.39 bits per heavy atom. The minimum absolute atomic E-state index is 0.133. The molecule has 5 nitrogen and oxygen atoms in total. The Morgan fingerprint density at radius 3 is 3.22 bits per heavy atom. The molecular formula is C18H24N4O. The third kappa shape index (κ3) is 2.99.